The van der Waals surface area contributed by atoms with Crippen LogP contribution in [0.3, 0.4) is 0 Å². The Kier molecular flexibility index (Phi) is 4.45. The number of anilines is 1. The fraction of sp³-hybridized carbons (Fsp3) is 0.400. The lowest BCUT2D eigenvalue weighted by molar-refractivity contribution is -0.115. The molecule has 0 unspecified atom stereocenters. The van der Waals surface area contributed by atoms with Crippen LogP contribution in [0.25, 0.3) is 0 Å². The molecule has 23 heavy (non-hydrogen) atoms. The van der Waals surface area contributed by atoms with Gasteiger partial charge in [-0.15, -0.1) is 10.2 Å². The lowest BCUT2D eigenvalue weighted by Crippen LogP contribution is -2.17. The summed E-state index contributed by atoms with van der Waals surface area (Å²) in [6, 6.07) is 6.62. The molecule has 0 saturated heterocycles. The van der Waals surface area contributed by atoms with E-state index in [2.05, 4.69) is 15.5 Å². The molecule has 2 aromatic rings. The van der Waals surface area contributed by atoms with Crippen molar-refractivity contribution in [3.8, 4) is 0 Å². The summed E-state index contributed by atoms with van der Waals surface area (Å²) >= 11 is 1.36. The summed E-state index contributed by atoms with van der Waals surface area (Å²) in [5.41, 5.74) is 0.990. The van der Waals surface area contributed by atoms with Gasteiger partial charge in [0.1, 0.15) is 5.01 Å². The molecule has 0 radical (unpaired) electrons. The van der Waals surface area contributed by atoms with Gasteiger partial charge < -0.3 is 5.32 Å². The Hall–Kier alpha value is -1.80. The van der Waals surface area contributed by atoms with Crippen molar-refractivity contribution < 1.29 is 13.2 Å². The summed E-state index contributed by atoms with van der Waals surface area (Å²) in [5.74, 6) is -0.102. The average molecular weight is 351 g/mol. The fourth-order valence-electron chi connectivity index (χ4n) is 2.05. The second-order valence-electron chi connectivity index (χ2n) is 5.65. The van der Waals surface area contributed by atoms with Crippen LogP contribution in [-0.2, 0) is 14.6 Å². The van der Waals surface area contributed by atoms with Gasteiger partial charge in [-0.05, 0) is 31.9 Å². The maximum absolute atomic E-state index is 12.2. The minimum atomic E-state index is -3.46. The normalized spacial score (nSPS) is 14.7. The van der Waals surface area contributed by atoms with Gasteiger partial charge in [-0.3, -0.25) is 4.79 Å². The van der Waals surface area contributed by atoms with Crippen LogP contribution in [0.15, 0.2) is 29.2 Å². The molecule has 1 aromatic carbocycles. The number of hydrogen-bond donors (Lipinski definition) is 1. The number of benzene rings is 1. The molecule has 0 atom stereocenters. The zero-order valence-corrected chi connectivity index (χ0v) is 14.3. The number of aromatic nitrogens is 2. The quantitative estimate of drug-likeness (QED) is 0.864. The number of hydrogen-bond acceptors (Lipinski definition) is 6. The maximum Gasteiger partial charge on any atom is 0.227 e. The monoisotopic (exact) mass is 351 g/mol. The summed E-state index contributed by atoms with van der Waals surface area (Å²) in [5, 5.41) is 11.9. The van der Waals surface area contributed by atoms with E-state index in [0.717, 1.165) is 23.4 Å². The highest BCUT2D eigenvalue weighted by molar-refractivity contribution is 7.91. The van der Waals surface area contributed by atoms with Crippen LogP contribution in [0, 0.1) is 6.92 Å². The van der Waals surface area contributed by atoms with Crippen LogP contribution < -0.4 is 5.32 Å². The van der Waals surface area contributed by atoms with Gasteiger partial charge in [0.15, 0.2) is 9.84 Å². The largest absolute Gasteiger partial charge is 0.301 e. The molecule has 1 N–H and O–H groups in total. The van der Waals surface area contributed by atoms with E-state index >= 15 is 0 Å². The Bertz CT molecular complexity index is 809. The molecule has 1 fully saturated rings. The van der Waals surface area contributed by atoms with E-state index in [1.54, 1.807) is 24.3 Å². The molecule has 0 bridgehead atoms. The van der Waals surface area contributed by atoms with Gasteiger partial charge in [-0.2, -0.15) is 0 Å². The molecule has 6 nitrogen and oxygen atoms in total. The Morgan fingerprint density at radius 2 is 1.96 bits per heavy atom. The molecule has 8 heteroatoms. The van der Waals surface area contributed by atoms with Crippen LogP contribution >= 0.6 is 11.3 Å². The fourth-order valence-corrected chi connectivity index (χ4v) is 4.22. The number of nitrogens with zero attached hydrogens (tertiary/aromatic N) is 2. The minimum Gasteiger partial charge on any atom is -0.301 e. The number of rotatable bonds is 6. The van der Waals surface area contributed by atoms with Crippen molar-refractivity contribution in [3.63, 3.8) is 0 Å². The highest BCUT2D eigenvalue weighted by Crippen LogP contribution is 2.42. The van der Waals surface area contributed by atoms with Crippen molar-refractivity contribution in [1.82, 2.24) is 10.2 Å². The molecule has 3 rings (SSSR count). The number of carbonyl (C=O) groups is 1. The van der Waals surface area contributed by atoms with E-state index < -0.39 is 9.84 Å². The van der Waals surface area contributed by atoms with Crippen LogP contribution in [-0.4, -0.2) is 30.3 Å². The van der Waals surface area contributed by atoms with Gasteiger partial charge in [0, 0.05) is 12.3 Å². The number of aryl methyl sites for hydroxylation is 1. The smallest absolute Gasteiger partial charge is 0.227 e. The molecular formula is C15H17N3O3S2. The summed E-state index contributed by atoms with van der Waals surface area (Å²) < 4.78 is 24.4. The van der Waals surface area contributed by atoms with Gasteiger partial charge in [0.25, 0.3) is 0 Å². The molecule has 0 aliphatic heterocycles. The van der Waals surface area contributed by atoms with Crippen LogP contribution in [0.5, 0.6) is 0 Å². The molecule has 1 saturated carbocycles. The molecule has 0 spiro atoms. The zero-order chi connectivity index (χ0) is 16.4. The molecule has 1 aromatic heterocycles. The lowest BCUT2D eigenvalue weighted by Gasteiger charge is -2.05. The van der Waals surface area contributed by atoms with Crippen molar-refractivity contribution in [1.29, 1.82) is 0 Å². The first-order valence-corrected chi connectivity index (χ1v) is 9.83. The molecule has 1 aliphatic carbocycles. The third-order valence-electron chi connectivity index (χ3n) is 3.59. The summed E-state index contributed by atoms with van der Waals surface area (Å²) in [6.45, 7) is 1.89. The number of sulfone groups is 1. The molecule has 1 heterocycles. The first-order chi connectivity index (χ1) is 10.9. The van der Waals surface area contributed by atoms with E-state index in [9.17, 15) is 13.2 Å². The van der Waals surface area contributed by atoms with Crippen molar-refractivity contribution >= 4 is 32.2 Å². The lowest BCUT2D eigenvalue weighted by atomic mass is 10.2. The maximum atomic E-state index is 12.2. The third-order valence-corrected chi connectivity index (χ3v) is 6.32. The standard InChI is InChI=1S/C15H17N3O3S2/c1-10-2-6-12(7-3-10)23(20,21)9-8-13(19)16-15-18-17-14(22-15)11-4-5-11/h2-3,6-7,11H,4-5,8-9H2,1H3,(H,16,18,19). The second-order valence-corrected chi connectivity index (χ2v) is 8.77. The topological polar surface area (TPSA) is 89.0 Å². The van der Waals surface area contributed by atoms with Gasteiger partial charge >= 0.3 is 0 Å². The van der Waals surface area contributed by atoms with Gasteiger partial charge in [0.05, 0.1) is 10.6 Å². The van der Waals surface area contributed by atoms with Gasteiger partial charge in [-0.25, -0.2) is 8.42 Å². The molecule has 122 valence electrons. The van der Waals surface area contributed by atoms with E-state index in [1.165, 1.54) is 11.3 Å². The highest BCUT2D eigenvalue weighted by atomic mass is 32.2. The van der Waals surface area contributed by atoms with Crippen molar-refractivity contribution in [2.75, 3.05) is 11.1 Å². The van der Waals surface area contributed by atoms with Crippen molar-refractivity contribution in [3.05, 3.63) is 34.8 Å². The second kappa shape index (κ2) is 6.37. The minimum absolute atomic E-state index is 0.103. The molecule has 1 amide bonds. The van der Waals surface area contributed by atoms with Crippen LogP contribution in [0.1, 0.15) is 35.8 Å². The molecular weight excluding hydrogens is 334 g/mol. The first-order valence-electron chi connectivity index (χ1n) is 7.37. The predicted molar refractivity (Wildman–Crippen MR) is 88.4 cm³/mol. The Labute approximate surface area is 138 Å². The average Bonchev–Trinajstić information content (AvgIpc) is 3.26. The van der Waals surface area contributed by atoms with E-state index in [0.29, 0.717) is 11.0 Å². The van der Waals surface area contributed by atoms with Gasteiger partial charge in [0.2, 0.25) is 11.0 Å². The summed E-state index contributed by atoms with van der Waals surface area (Å²) in [7, 11) is -3.46. The first kappa shape index (κ1) is 16.1. The summed E-state index contributed by atoms with van der Waals surface area (Å²) in [6.07, 6.45) is 2.14. The highest BCUT2D eigenvalue weighted by Gasteiger charge is 2.27. The van der Waals surface area contributed by atoms with Crippen LogP contribution in [0.2, 0.25) is 0 Å². The van der Waals surface area contributed by atoms with Crippen molar-refractivity contribution in [2.45, 2.75) is 37.0 Å². The van der Waals surface area contributed by atoms with E-state index in [1.807, 2.05) is 6.92 Å². The number of amides is 1. The van der Waals surface area contributed by atoms with Crippen molar-refractivity contribution in [2.24, 2.45) is 0 Å². The summed E-state index contributed by atoms with van der Waals surface area (Å²) in [4.78, 5) is 12.1. The molecule has 1 aliphatic rings. The zero-order valence-electron chi connectivity index (χ0n) is 12.7. The van der Waals surface area contributed by atoms with Crippen LogP contribution in [0.4, 0.5) is 5.13 Å². The Morgan fingerprint density at radius 1 is 1.26 bits per heavy atom. The predicted octanol–water partition coefficient (Wildman–Crippen LogP) is 2.53. The third kappa shape index (κ3) is 4.14. The number of nitrogens with one attached hydrogen (secondary N) is 1. The SMILES string of the molecule is Cc1ccc(S(=O)(=O)CCC(=O)Nc2nnc(C3CC3)s2)cc1. The van der Waals surface area contributed by atoms with Gasteiger partial charge in [-0.1, -0.05) is 29.0 Å². The Balaban J connectivity index is 1.56. The number of carbonyl (C=O) groups excluding carboxylic acids is 1. The van der Waals surface area contributed by atoms with E-state index in [-0.39, 0.29) is 23.0 Å². The Morgan fingerprint density at radius 3 is 2.61 bits per heavy atom. The van der Waals surface area contributed by atoms with E-state index in [4.69, 9.17) is 0 Å².